The smallest absolute Gasteiger partial charge is 0.458 e. The summed E-state index contributed by atoms with van der Waals surface area (Å²) in [5.74, 6) is -0.900. The van der Waals surface area contributed by atoms with Gasteiger partial charge >= 0.3 is 13.1 Å². The molecule has 1 fully saturated rings. The molecule has 0 bridgehead atoms. The van der Waals surface area contributed by atoms with Gasteiger partial charge in [-0.15, -0.1) is 0 Å². The van der Waals surface area contributed by atoms with E-state index in [1.54, 1.807) is 12.1 Å². The Morgan fingerprint density at radius 2 is 1.60 bits per heavy atom. The Morgan fingerprint density at radius 1 is 1.10 bits per heavy atom. The van der Waals surface area contributed by atoms with E-state index in [4.69, 9.17) is 14.4 Å². The molecule has 2 rings (SSSR count). The van der Waals surface area contributed by atoms with Gasteiger partial charge in [-0.05, 0) is 58.1 Å². The summed E-state index contributed by atoms with van der Waals surface area (Å²) in [6.07, 6.45) is 1.57. The normalized spacial score (nSPS) is 20.1. The summed E-state index contributed by atoms with van der Waals surface area (Å²) in [4.78, 5) is 10.8. The topological polar surface area (TPSA) is 55.8 Å². The lowest BCUT2D eigenvalue weighted by Gasteiger charge is -2.32. The van der Waals surface area contributed by atoms with Crippen molar-refractivity contribution in [1.82, 2.24) is 0 Å². The van der Waals surface area contributed by atoms with Crippen molar-refractivity contribution in [2.45, 2.75) is 51.6 Å². The Hall–Kier alpha value is -1.33. The standard InChI is InChI=1S/C15H21BO4/c1-14(2)15(3,4)20-16(19-14)10-9-11-5-7-12(8-6-11)13(17)18/h5-8H,9-10H2,1-4H3,(H,17,18). The summed E-state index contributed by atoms with van der Waals surface area (Å²) < 4.78 is 11.9. The van der Waals surface area contributed by atoms with Crippen molar-refractivity contribution in [1.29, 1.82) is 0 Å². The number of aromatic carboxylic acids is 1. The van der Waals surface area contributed by atoms with Crippen LogP contribution in [0.3, 0.4) is 0 Å². The Kier molecular flexibility index (Phi) is 3.94. The van der Waals surface area contributed by atoms with Crippen molar-refractivity contribution in [2.75, 3.05) is 0 Å². The second kappa shape index (κ2) is 5.22. The third kappa shape index (κ3) is 3.05. The number of carboxylic acid groups (broad SMARTS) is 1. The third-order valence-electron chi connectivity index (χ3n) is 4.17. The van der Waals surface area contributed by atoms with Crippen LogP contribution in [0.15, 0.2) is 24.3 Å². The monoisotopic (exact) mass is 276 g/mol. The van der Waals surface area contributed by atoms with Gasteiger partial charge in [-0.1, -0.05) is 12.1 Å². The molecule has 1 aromatic rings. The van der Waals surface area contributed by atoms with Crippen LogP contribution in [0, 0.1) is 0 Å². The van der Waals surface area contributed by atoms with Gasteiger partial charge in [0.15, 0.2) is 0 Å². The highest BCUT2D eigenvalue weighted by atomic mass is 16.7. The molecule has 0 amide bonds. The number of carbonyl (C=O) groups is 1. The molecule has 1 saturated heterocycles. The molecular formula is C15H21BO4. The fourth-order valence-corrected chi connectivity index (χ4v) is 2.18. The molecule has 1 aliphatic heterocycles. The predicted molar refractivity (Wildman–Crippen MR) is 78.0 cm³/mol. The largest absolute Gasteiger partial charge is 0.478 e. The van der Waals surface area contributed by atoms with Gasteiger partial charge in [-0.2, -0.15) is 0 Å². The van der Waals surface area contributed by atoms with E-state index in [2.05, 4.69) is 0 Å². The number of hydrogen-bond donors (Lipinski definition) is 1. The summed E-state index contributed by atoms with van der Waals surface area (Å²) in [5.41, 5.74) is 0.796. The molecule has 1 aromatic carbocycles. The molecule has 0 unspecified atom stereocenters. The van der Waals surface area contributed by atoms with Gasteiger partial charge in [0.25, 0.3) is 0 Å². The van der Waals surface area contributed by atoms with E-state index in [9.17, 15) is 4.79 Å². The molecule has 0 atom stereocenters. The van der Waals surface area contributed by atoms with Gasteiger partial charge in [0.1, 0.15) is 0 Å². The van der Waals surface area contributed by atoms with Gasteiger partial charge in [-0.25, -0.2) is 4.79 Å². The maximum absolute atomic E-state index is 10.8. The Morgan fingerprint density at radius 3 is 2.05 bits per heavy atom. The maximum Gasteiger partial charge on any atom is 0.458 e. The maximum atomic E-state index is 10.8. The minimum atomic E-state index is -0.900. The number of aryl methyl sites for hydroxylation is 1. The van der Waals surface area contributed by atoms with Crippen LogP contribution in [0.4, 0.5) is 0 Å². The molecule has 0 aliphatic carbocycles. The van der Waals surface area contributed by atoms with Crippen LogP contribution in [-0.4, -0.2) is 29.4 Å². The summed E-state index contributed by atoms with van der Waals surface area (Å²) in [7, 11) is -0.209. The minimum absolute atomic E-state index is 0.209. The SMILES string of the molecule is CC1(C)OB(CCc2ccc(C(=O)O)cc2)OC1(C)C. The van der Waals surface area contributed by atoms with Crippen molar-refractivity contribution in [3.05, 3.63) is 35.4 Å². The van der Waals surface area contributed by atoms with Crippen LogP contribution < -0.4 is 0 Å². The molecule has 108 valence electrons. The fraction of sp³-hybridized carbons (Fsp3) is 0.533. The Bertz CT molecular complexity index is 477. The average Bonchev–Trinajstić information content (AvgIpc) is 2.56. The van der Waals surface area contributed by atoms with Crippen LogP contribution in [0.2, 0.25) is 6.32 Å². The van der Waals surface area contributed by atoms with Crippen LogP contribution in [-0.2, 0) is 15.7 Å². The molecule has 0 radical (unpaired) electrons. The van der Waals surface area contributed by atoms with E-state index in [1.807, 2.05) is 39.8 Å². The number of rotatable bonds is 4. The van der Waals surface area contributed by atoms with Crippen molar-refractivity contribution >= 4 is 13.1 Å². The molecule has 5 heteroatoms. The highest BCUT2D eigenvalue weighted by Crippen LogP contribution is 2.37. The molecule has 4 nitrogen and oxygen atoms in total. The second-order valence-electron chi connectivity index (χ2n) is 6.23. The zero-order chi connectivity index (χ0) is 15.0. The van der Waals surface area contributed by atoms with Gasteiger partial charge in [0, 0.05) is 0 Å². The first-order chi connectivity index (χ1) is 9.21. The van der Waals surface area contributed by atoms with E-state index in [-0.39, 0.29) is 18.3 Å². The number of carboxylic acids is 1. The van der Waals surface area contributed by atoms with Crippen molar-refractivity contribution in [2.24, 2.45) is 0 Å². The van der Waals surface area contributed by atoms with Crippen molar-refractivity contribution in [3.63, 3.8) is 0 Å². The molecule has 0 aromatic heterocycles. The highest BCUT2D eigenvalue weighted by molar-refractivity contribution is 6.45. The Labute approximate surface area is 120 Å². The summed E-state index contributed by atoms with van der Waals surface area (Å²) in [5, 5.41) is 8.85. The summed E-state index contributed by atoms with van der Waals surface area (Å²) in [6.45, 7) is 8.15. The van der Waals surface area contributed by atoms with Crippen molar-refractivity contribution in [3.8, 4) is 0 Å². The third-order valence-corrected chi connectivity index (χ3v) is 4.17. The second-order valence-corrected chi connectivity index (χ2v) is 6.23. The van der Waals surface area contributed by atoms with Gasteiger partial charge in [-0.3, -0.25) is 0 Å². The Balaban J connectivity index is 1.92. The van der Waals surface area contributed by atoms with Crippen LogP contribution >= 0.6 is 0 Å². The molecular weight excluding hydrogens is 255 g/mol. The van der Waals surface area contributed by atoms with Crippen LogP contribution in [0.5, 0.6) is 0 Å². The lowest BCUT2D eigenvalue weighted by atomic mass is 9.81. The lowest BCUT2D eigenvalue weighted by molar-refractivity contribution is 0.00578. The minimum Gasteiger partial charge on any atom is -0.478 e. The molecule has 1 aliphatic rings. The van der Waals surface area contributed by atoms with Crippen LogP contribution in [0.25, 0.3) is 0 Å². The first-order valence-corrected chi connectivity index (χ1v) is 6.89. The van der Waals surface area contributed by atoms with E-state index >= 15 is 0 Å². The first-order valence-electron chi connectivity index (χ1n) is 6.89. The quantitative estimate of drug-likeness (QED) is 0.859. The number of benzene rings is 1. The first kappa shape index (κ1) is 15.1. The molecule has 0 saturated carbocycles. The zero-order valence-corrected chi connectivity index (χ0v) is 12.5. The van der Waals surface area contributed by atoms with E-state index in [0.717, 1.165) is 18.3 Å². The predicted octanol–water partition coefficient (Wildman–Crippen LogP) is 3.02. The van der Waals surface area contributed by atoms with E-state index in [1.165, 1.54) is 0 Å². The zero-order valence-electron chi connectivity index (χ0n) is 12.5. The van der Waals surface area contributed by atoms with Gasteiger partial charge in [0.05, 0.1) is 16.8 Å². The molecule has 1 N–H and O–H groups in total. The lowest BCUT2D eigenvalue weighted by Crippen LogP contribution is -2.41. The molecule has 20 heavy (non-hydrogen) atoms. The molecule has 1 heterocycles. The van der Waals surface area contributed by atoms with Gasteiger partial charge < -0.3 is 14.4 Å². The average molecular weight is 276 g/mol. The number of hydrogen-bond acceptors (Lipinski definition) is 3. The van der Waals surface area contributed by atoms with E-state index < -0.39 is 5.97 Å². The molecule has 0 spiro atoms. The van der Waals surface area contributed by atoms with E-state index in [0.29, 0.717) is 5.56 Å². The van der Waals surface area contributed by atoms with Crippen molar-refractivity contribution < 1.29 is 19.2 Å². The highest BCUT2D eigenvalue weighted by Gasteiger charge is 2.50. The fourth-order valence-electron chi connectivity index (χ4n) is 2.18. The van der Waals surface area contributed by atoms with Crippen LogP contribution in [0.1, 0.15) is 43.6 Å². The van der Waals surface area contributed by atoms with Gasteiger partial charge in [0.2, 0.25) is 0 Å². The summed E-state index contributed by atoms with van der Waals surface area (Å²) in [6, 6.07) is 6.94. The summed E-state index contributed by atoms with van der Waals surface area (Å²) >= 11 is 0.